The lowest BCUT2D eigenvalue weighted by Crippen LogP contribution is -1.99. The molecule has 0 aromatic carbocycles. The zero-order valence-electron chi connectivity index (χ0n) is 15.6. The fourth-order valence-corrected chi connectivity index (χ4v) is 1.82. The van der Waals surface area contributed by atoms with Gasteiger partial charge in [0.15, 0.2) is 0 Å². The van der Waals surface area contributed by atoms with Crippen LogP contribution in [0.5, 0.6) is 0 Å². The van der Waals surface area contributed by atoms with Gasteiger partial charge < -0.3 is 15.3 Å². The molecule has 0 aliphatic carbocycles. The van der Waals surface area contributed by atoms with E-state index in [1.807, 2.05) is 61.6 Å². The van der Waals surface area contributed by atoms with Gasteiger partial charge in [0.1, 0.15) is 0 Å². The van der Waals surface area contributed by atoms with Gasteiger partial charge in [-0.2, -0.15) is 0 Å². The highest BCUT2D eigenvalue weighted by Crippen LogP contribution is 1.99. The van der Waals surface area contributed by atoms with Crippen molar-refractivity contribution in [3.05, 3.63) is 72.9 Å². The molecule has 0 fully saturated rings. The fraction of sp³-hybridized carbons (Fsp3) is 0.409. The monoisotopic (exact) mass is 360 g/mol. The van der Waals surface area contributed by atoms with E-state index in [9.17, 15) is 15.0 Å². The minimum atomic E-state index is -0.770. The Morgan fingerprint density at radius 3 is 2.04 bits per heavy atom. The first-order valence-corrected chi connectivity index (χ1v) is 9.10. The molecule has 144 valence electrons. The van der Waals surface area contributed by atoms with Crippen molar-refractivity contribution in [1.29, 1.82) is 0 Å². The van der Waals surface area contributed by atoms with Gasteiger partial charge in [-0.3, -0.25) is 4.79 Å². The molecule has 0 rings (SSSR count). The Labute approximate surface area is 157 Å². The van der Waals surface area contributed by atoms with Crippen LogP contribution >= 0.6 is 0 Å². The maximum Gasteiger partial charge on any atom is 0.303 e. The summed E-state index contributed by atoms with van der Waals surface area (Å²) in [5, 5.41) is 27.6. The van der Waals surface area contributed by atoms with Crippen LogP contribution < -0.4 is 0 Å². The summed E-state index contributed by atoms with van der Waals surface area (Å²) in [6, 6.07) is 0. The Morgan fingerprint density at radius 2 is 1.38 bits per heavy atom. The van der Waals surface area contributed by atoms with Gasteiger partial charge in [0, 0.05) is 6.42 Å². The van der Waals surface area contributed by atoms with E-state index in [2.05, 4.69) is 0 Å². The molecule has 0 heterocycles. The van der Waals surface area contributed by atoms with Crippen LogP contribution in [0.4, 0.5) is 0 Å². The van der Waals surface area contributed by atoms with Crippen LogP contribution in [0.2, 0.25) is 0 Å². The third kappa shape index (κ3) is 18.2. The normalized spacial score (nSPS) is 15.5. The maximum absolute atomic E-state index is 10.3. The second-order valence-corrected chi connectivity index (χ2v) is 5.75. The topological polar surface area (TPSA) is 77.8 Å². The van der Waals surface area contributed by atoms with Gasteiger partial charge in [-0.15, -0.1) is 0 Å². The quantitative estimate of drug-likeness (QED) is 0.315. The minimum Gasteiger partial charge on any atom is -0.481 e. The van der Waals surface area contributed by atoms with Crippen LogP contribution in [-0.4, -0.2) is 33.5 Å². The van der Waals surface area contributed by atoms with E-state index in [-0.39, 0.29) is 6.42 Å². The molecule has 0 saturated heterocycles. The first-order chi connectivity index (χ1) is 12.6. The third-order valence-corrected chi connectivity index (χ3v) is 3.36. The number of aliphatic hydroxyl groups excluding tert-OH is 2. The lowest BCUT2D eigenvalue weighted by molar-refractivity contribution is -0.136. The number of hydrogen-bond donors (Lipinski definition) is 3. The summed E-state index contributed by atoms with van der Waals surface area (Å²) in [5.41, 5.74) is 0. The van der Waals surface area contributed by atoms with Crippen LogP contribution in [0.1, 0.15) is 45.4 Å². The fourth-order valence-electron chi connectivity index (χ4n) is 1.82. The van der Waals surface area contributed by atoms with E-state index < -0.39 is 18.2 Å². The average Bonchev–Trinajstić information content (AvgIpc) is 2.61. The van der Waals surface area contributed by atoms with E-state index in [0.717, 1.165) is 12.8 Å². The molecule has 0 aromatic heterocycles. The Morgan fingerprint density at radius 1 is 0.808 bits per heavy atom. The SMILES string of the molecule is CC[C@H](O)/C=C/C=C\C[C@H](O)/C=C\C=C/C/C=C\C/C=C\CCC(=O)O. The van der Waals surface area contributed by atoms with Crippen molar-refractivity contribution in [3.63, 3.8) is 0 Å². The van der Waals surface area contributed by atoms with E-state index >= 15 is 0 Å². The highest BCUT2D eigenvalue weighted by Gasteiger charge is 1.93. The molecule has 26 heavy (non-hydrogen) atoms. The predicted octanol–water partition coefficient (Wildman–Crippen LogP) is 4.49. The van der Waals surface area contributed by atoms with Crippen LogP contribution in [0, 0.1) is 0 Å². The molecule has 0 unspecified atom stereocenters. The Kier molecular flexibility index (Phi) is 16.2. The minimum absolute atomic E-state index is 0.176. The van der Waals surface area contributed by atoms with Gasteiger partial charge in [0.25, 0.3) is 0 Å². The van der Waals surface area contributed by atoms with Crippen molar-refractivity contribution < 1.29 is 20.1 Å². The van der Waals surface area contributed by atoms with Crippen LogP contribution in [-0.2, 0) is 4.79 Å². The summed E-state index contributed by atoms with van der Waals surface area (Å²) in [6.45, 7) is 1.92. The highest BCUT2D eigenvalue weighted by atomic mass is 16.4. The van der Waals surface area contributed by atoms with E-state index in [4.69, 9.17) is 5.11 Å². The summed E-state index contributed by atoms with van der Waals surface area (Å²) in [6.07, 6.45) is 25.3. The Balaban J connectivity index is 3.79. The smallest absolute Gasteiger partial charge is 0.303 e. The van der Waals surface area contributed by atoms with Gasteiger partial charge in [-0.05, 0) is 32.1 Å². The second kappa shape index (κ2) is 17.6. The van der Waals surface area contributed by atoms with Crippen molar-refractivity contribution in [2.24, 2.45) is 0 Å². The predicted molar refractivity (Wildman–Crippen MR) is 108 cm³/mol. The maximum atomic E-state index is 10.3. The Hall–Kier alpha value is -2.17. The van der Waals surface area contributed by atoms with Crippen molar-refractivity contribution in [2.75, 3.05) is 0 Å². The summed E-state index contributed by atoms with van der Waals surface area (Å²) in [5.74, 6) is -0.770. The molecule has 0 aromatic rings. The van der Waals surface area contributed by atoms with Crippen molar-refractivity contribution >= 4 is 5.97 Å². The first kappa shape index (κ1) is 23.8. The number of carboxylic acid groups (broad SMARTS) is 1. The van der Waals surface area contributed by atoms with E-state index in [0.29, 0.717) is 19.3 Å². The molecular formula is C22H32O4. The van der Waals surface area contributed by atoms with Crippen LogP contribution in [0.3, 0.4) is 0 Å². The van der Waals surface area contributed by atoms with Gasteiger partial charge in [-0.25, -0.2) is 0 Å². The number of carboxylic acids is 1. The van der Waals surface area contributed by atoms with Gasteiger partial charge in [0.2, 0.25) is 0 Å². The van der Waals surface area contributed by atoms with Gasteiger partial charge in [-0.1, -0.05) is 79.8 Å². The second-order valence-electron chi connectivity index (χ2n) is 5.75. The molecule has 4 heteroatoms. The van der Waals surface area contributed by atoms with Crippen molar-refractivity contribution in [3.8, 4) is 0 Å². The molecule has 0 bridgehead atoms. The standard InChI is InChI=1S/C22H32O4/c1-2-20(23)16-13-11-14-18-21(24)17-12-9-7-5-3-4-6-8-10-15-19-22(25)26/h3-4,7-14,16-17,20-21,23-24H,2,5-6,15,18-19H2,1H3,(H,25,26)/b4-3-,9-7-,10-8-,14-11-,16-13+,17-12-/t20-,21+/m0/s1. The molecule has 0 aliphatic heterocycles. The molecule has 0 radical (unpaired) electrons. The van der Waals surface area contributed by atoms with Gasteiger partial charge in [0.05, 0.1) is 12.2 Å². The van der Waals surface area contributed by atoms with Crippen LogP contribution in [0.15, 0.2) is 72.9 Å². The third-order valence-electron chi connectivity index (χ3n) is 3.36. The number of carbonyl (C=O) groups is 1. The molecule has 0 aliphatic rings. The Bertz CT molecular complexity index is 524. The molecule has 0 spiro atoms. The summed E-state index contributed by atoms with van der Waals surface area (Å²) in [7, 11) is 0. The zero-order chi connectivity index (χ0) is 19.5. The molecule has 3 N–H and O–H groups in total. The lowest BCUT2D eigenvalue weighted by atomic mass is 10.2. The zero-order valence-corrected chi connectivity index (χ0v) is 15.6. The molecule has 0 amide bonds. The lowest BCUT2D eigenvalue weighted by Gasteiger charge is -1.99. The van der Waals surface area contributed by atoms with Crippen LogP contribution in [0.25, 0.3) is 0 Å². The van der Waals surface area contributed by atoms with E-state index in [1.165, 1.54) is 0 Å². The van der Waals surface area contributed by atoms with E-state index in [1.54, 1.807) is 18.2 Å². The number of aliphatic hydroxyl groups is 2. The van der Waals surface area contributed by atoms with Crippen molar-refractivity contribution in [2.45, 2.75) is 57.7 Å². The number of aliphatic carboxylic acids is 1. The largest absolute Gasteiger partial charge is 0.481 e. The molecule has 0 saturated carbocycles. The van der Waals surface area contributed by atoms with Gasteiger partial charge >= 0.3 is 5.97 Å². The summed E-state index contributed by atoms with van der Waals surface area (Å²) < 4.78 is 0. The van der Waals surface area contributed by atoms with Crippen molar-refractivity contribution in [1.82, 2.24) is 0 Å². The summed E-state index contributed by atoms with van der Waals surface area (Å²) in [4.78, 5) is 10.3. The highest BCUT2D eigenvalue weighted by molar-refractivity contribution is 5.66. The number of allylic oxidation sites excluding steroid dienone is 9. The number of hydrogen-bond acceptors (Lipinski definition) is 3. The number of rotatable bonds is 14. The molecule has 2 atom stereocenters. The first-order valence-electron chi connectivity index (χ1n) is 9.10. The molecule has 4 nitrogen and oxygen atoms in total. The average molecular weight is 360 g/mol. The summed E-state index contributed by atoms with van der Waals surface area (Å²) >= 11 is 0. The molecular weight excluding hydrogens is 328 g/mol.